The number of thiophene rings is 1. The van der Waals surface area contributed by atoms with Crippen molar-refractivity contribution in [2.75, 3.05) is 0 Å². The van der Waals surface area contributed by atoms with E-state index in [1.54, 1.807) is 0 Å². The normalized spacial score (nSPS) is 11.3. The predicted octanol–water partition coefficient (Wildman–Crippen LogP) is 5.42. The van der Waals surface area contributed by atoms with Crippen molar-refractivity contribution in [2.45, 2.75) is 0 Å². The summed E-state index contributed by atoms with van der Waals surface area (Å²) in [5, 5.41) is 2.74. The number of fused-ring (bicyclic) bond motifs is 3. The van der Waals surface area contributed by atoms with Crippen molar-refractivity contribution in [1.82, 2.24) is 0 Å². The predicted molar refractivity (Wildman–Crippen MR) is 79.7 cm³/mol. The molecule has 3 aromatic rings. The largest absolute Gasteiger partial charge is 0.134 e. The quantitative estimate of drug-likeness (QED) is 0.451. The van der Waals surface area contributed by atoms with Crippen LogP contribution in [0.5, 0.6) is 0 Å². The molecule has 0 atom stereocenters. The topological polar surface area (TPSA) is 0 Å². The highest BCUT2D eigenvalue weighted by molar-refractivity contribution is 14.1. The van der Waals surface area contributed by atoms with Crippen molar-refractivity contribution in [2.24, 2.45) is 0 Å². The van der Waals surface area contributed by atoms with Gasteiger partial charge in [0.2, 0.25) is 0 Å². The molecule has 0 saturated heterocycles. The van der Waals surface area contributed by atoms with Crippen LogP contribution < -0.4 is 0 Å². The van der Waals surface area contributed by atoms with Gasteiger partial charge in [0, 0.05) is 23.5 Å². The van der Waals surface area contributed by atoms with E-state index in [1.165, 1.54) is 28.2 Å². The fourth-order valence-corrected chi connectivity index (χ4v) is 4.39. The fraction of sp³-hybridized carbons (Fsp3) is 0. The Morgan fingerprint density at radius 2 is 1.87 bits per heavy atom. The molecule has 0 amide bonds. The third kappa shape index (κ3) is 1.52. The highest BCUT2D eigenvalue weighted by Gasteiger charge is 2.09. The van der Waals surface area contributed by atoms with Crippen LogP contribution in [0.1, 0.15) is 0 Å². The van der Waals surface area contributed by atoms with Crippen molar-refractivity contribution in [3.8, 4) is 0 Å². The van der Waals surface area contributed by atoms with Gasteiger partial charge in [-0.05, 0) is 56.7 Å². The molecule has 15 heavy (non-hydrogen) atoms. The van der Waals surface area contributed by atoms with Gasteiger partial charge in [-0.1, -0.05) is 18.2 Å². The summed E-state index contributed by atoms with van der Waals surface area (Å²) < 4.78 is 5.22. The van der Waals surface area contributed by atoms with Crippen molar-refractivity contribution >= 4 is 70.0 Å². The van der Waals surface area contributed by atoms with E-state index < -0.39 is 0 Å². The summed E-state index contributed by atoms with van der Waals surface area (Å²) in [6.07, 6.45) is 0. The Kier molecular flexibility index (Phi) is 2.49. The first-order valence-electron chi connectivity index (χ1n) is 4.52. The Hall–Kier alpha value is -0.130. The molecular weight excluding hydrogens is 383 g/mol. The van der Waals surface area contributed by atoms with Gasteiger partial charge in [0.05, 0.1) is 4.70 Å². The summed E-state index contributed by atoms with van der Waals surface area (Å²) in [5.74, 6) is 0. The summed E-state index contributed by atoms with van der Waals surface area (Å²) in [4.78, 5) is 0. The van der Waals surface area contributed by atoms with Gasteiger partial charge in [-0.15, -0.1) is 11.3 Å². The summed E-state index contributed by atoms with van der Waals surface area (Å²) >= 11 is 7.87. The molecule has 0 spiro atoms. The maximum atomic E-state index is 3.62. The standard InChI is InChI=1S/C12H6BrIS/c13-8-5-6-9(14)11-7-3-1-2-4-10(7)15-12(8)11/h1-6H. The van der Waals surface area contributed by atoms with Gasteiger partial charge < -0.3 is 0 Å². The molecule has 0 unspecified atom stereocenters. The van der Waals surface area contributed by atoms with E-state index in [9.17, 15) is 0 Å². The zero-order valence-corrected chi connectivity index (χ0v) is 12.2. The zero-order chi connectivity index (χ0) is 10.4. The molecular formula is C12H6BrIS. The number of halogens is 2. The van der Waals surface area contributed by atoms with Gasteiger partial charge >= 0.3 is 0 Å². The minimum Gasteiger partial charge on any atom is -0.134 e. The molecule has 0 aliphatic carbocycles. The third-order valence-electron chi connectivity index (χ3n) is 2.43. The lowest BCUT2D eigenvalue weighted by atomic mass is 10.2. The van der Waals surface area contributed by atoms with E-state index in [-0.39, 0.29) is 0 Å². The first-order chi connectivity index (χ1) is 7.27. The molecule has 0 saturated carbocycles. The number of hydrogen-bond donors (Lipinski definition) is 0. The van der Waals surface area contributed by atoms with E-state index >= 15 is 0 Å². The Morgan fingerprint density at radius 1 is 1.07 bits per heavy atom. The Balaban J connectivity index is 2.66. The second-order valence-electron chi connectivity index (χ2n) is 3.33. The Labute approximate surface area is 114 Å². The van der Waals surface area contributed by atoms with Crippen molar-refractivity contribution in [3.05, 3.63) is 44.4 Å². The zero-order valence-electron chi connectivity index (χ0n) is 7.63. The molecule has 3 rings (SSSR count). The first-order valence-corrected chi connectivity index (χ1v) is 7.21. The van der Waals surface area contributed by atoms with Gasteiger partial charge in [0.15, 0.2) is 0 Å². The lowest BCUT2D eigenvalue weighted by Crippen LogP contribution is -1.73. The smallest absolute Gasteiger partial charge is 0.0508 e. The summed E-state index contributed by atoms with van der Waals surface area (Å²) in [7, 11) is 0. The highest BCUT2D eigenvalue weighted by Crippen LogP contribution is 2.40. The van der Waals surface area contributed by atoms with Gasteiger partial charge in [-0.3, -0.25) is 0 Å². The Bertz CT molecular complexity index is 657. The lowest BCUT2D eigenvalue weighted by molar-refractivity contribution is 1.74. The average Bonchev–Trinajstić information content (AvgIpc) is 2.64. The molecule has 0 aliphatic heterocycles. The van der Waals surface area contributed by atoms with Crippen LogP contribution >= 0.6 is 49.9 Å². The van der Waals surface area contributed by atoms with Crippen molar-refractivity contribution in [1.29, 1.82) is 0 Å². The molecule has 0 aliphatic rings. The first kappa shape index (κ1) is 10.1. The van der Waals surface area contributed by atoms with Crippen molar-refractivity contribution in [3.63, 3.8) is 0 Å². The van der Waals surface area contributed by atoms with E-state index in [2.05, 4.69) is 74.9 Å². The molecule has 0 radical (unpaired) electrons. The monoisotopic (exact) mass is 388 g/mol. The van der Waals surface area contributed by atoms with E-state index in [0.29, 0.717) is 0 Å². The summed E-state index contributed by atoms with van der Waals surface area (Å²) in [6.45, 7) is 0. The highest BCUT2D eigenvalue weighted by atomic mass is 127. The summed E-state index contributed by atoms with van der Waals surface area (Å²) in [6, 6.07) is 12.9. The van der Waals surface area contributed by atoms with Gasteiger partial charge in [0.1, 0.15) is 0 Å². The molecule has 1 aromatic heterocycles. The maximum Gasteiger partial charge on any atom is 0.0508 e. The van der Waals surface area contributed by atoms with Crippen LogP contribution in [0.25, 0.3) is 20.2 Å². The van der Waals surface area contributed by atoms with Gasteiger partial charge in [0.25, 0.3) is 0 Å². The van der Waals surface area contributed by atoms with Crippen LogP contribution in [-0.2, 0) is 0 Å². The summed E-state index contributed by atoms with van der Waals surface area (Å²) in [5.41, 5.74) is 0. The van der Waals surface area contributed by atoms with E-state index in [4.69, 9.17) is 0 Å². The van der Waals surface area contributed by atoms with Gasteiger partial charge in [-0.2, -0.15) is 0 Å². The molecule has 0 fully saturated rings. The van der Waals surface area contributed by atoms with Crippen LogP contribution in [-0.4, -0.2) is 0 Å². The fourth-order valence-electron chi connectivity index (χ4n) is 1.76. The molecule has 74 valence electrons. The van der Waals surface area contributed by atoms with Crippen LogP contribution in [0.4, 0.5) is 0 Å². The van der Waals surface area contributed by atoms with Crippen LogP contribution in [0, 0.1) is 3.57 Å². The maximum absolute atomic E-state index is 3.62. The van der Waals surface area contributed by atoms with Crippen molar-refractivity contribution < 1.29 is 0 Å². The van der Waals surface area contributed by atoms with E-state index in [1.807, 2.05) is 11.3 Å². The third-order valence-corrected chi connectivity index (χ3v) is 5.45. The Morgan fingerprint density at radius 3 is 2.73 bits per heavy atom. The molecule has 3 heteroatoms. The molecule has 0 nitrogen and oxygen atoms in total. The number of benzene rings is 2. The second kappa shape index (κ2) is 3.71. The van der Waals surface area contributed by atoms with Crippen LogP contribution in [0.15, 0.2) is 40.9 Å². The van der Waals surface area contributed by atoms with Gasteiger partial charge in [-0.25, -0.2) is 0 Å². The molecule has 1 heterocycles. The van der Waals surface area contributed by atoms with Crippen LogP contribution in [0.2, 0.25) is 0 Å². The molecule has 2 aromatic carbocycles. The number of hydrogen-bond acceptors (Lipinski definition) is 1. The average molecular weight is 389 g/mol. The lowest BCUT2D eigenvalue weighted by Gasteiger charge is -1.97. The number of rotatable bonds is 0. The minimum absolute atomic E-state index is 1.19. The van der Waals surface area contributed by atoms with Crippen LogP contribution in [0.3, 0.4) is 0 Å². The molecule has 0 bridgehead atoms. The van der Waals surface area contributed by atoms with E-state index in [0.717, 1.165) is 0 Å². The SMILES string of the molecule is Brc1ccc(I)c2c1sc1ccccc12. The second-order valence-corrected chi connectivity index (χ2v) is 6.40. The minimum atomic E-state index is 1.19. The molecule has 0 N–H and O–H groups in total.